The summed E-state index contributed by atoms with van der Waals surface area (Å²) in [4.78, 5) is 22.4. The summed E-state index contributed by atoms with van der Waals surface area (Å²) >= 11 is 1.58. The summed E-state index contributed by atoms with van der Waals surface area (Å²) in [6.07, 6.45) is 15.9. The third-order valence-electron chi connectivity index (χ3n) is 9.18. The Morgan fingerprint density at radius 3 is 2.23 bits per heavy atom. The number of aromatic nitrogens is 1. The van der Waals surface area contributed by atoms with Crippen molar-refractivity contribution in [3.8, 4) is 5.19 Å². The zero-order chi connectivity index (χ0) is 20.8. The topological polar surface area (TPSA) is 45.7 Å². The molecule has 1 amide bonds. The van der Waals surface area contributed by atoms with Crippen LogP contribution in [0.1, 0.15) is 70.6 Å². The van der Waals surface area contributed by atoms with Crippen LogP contribution in [0.15, 0.2) is 11.6 Å². The van der Waals surface area contributed by atoms with Gasteiger partial charge in [-0.25, -0.2) is 4.98 Å². The zero-order valence-electron chi connectivity index (χ0n) is 18.7. The van der Waals surface area contributed by atoms with Crippen LogP contribution in [0.25, 0.3) is 0 Å². The Hall–Kier alpha value is -1.14. The van der Waals surface area contributed by atoms with Crippen molar-refractivity contribution in [1.82, 2.24) is 14.8 Å². The molecule has 0 spiro atoms. The van der Waals surface area contributed by atoms with Gasteiger partial charge in [0, 0.05) is 50.2 Å². The SMILES string of the molecule is O=C(CC12CC3CC(CC(C3)C1)C2)N1CCC(N2CCC(Oc3nccs3)CC2)CC1. The van der Waals surface area contributed by atoms with Crippen LogP contribution in [0.4, 0.5) is 0 Å². The fourth-order valence-corrected chi connectivity index (χ4v) is 8.74. The van der Waals surface area contributed by atoms with E-state index in [1.165, 1.54) is 38.5 Å². The van der Waals surface area contributed by atoms with Crippen molar-refractivity contribution >= 4 is 17.2 Å². The van der Waals surface area contributed by atoms with E-state index in [0.29, 0.717) is 23.5 Å². The van der Waals surface area contributed by atoms with E-state index >= 15 is 0 Å². The van der Waals surface area contributed by atoms with Gasteiger partial charge in [-0.2, -0.15) is 0 Å². The number of amides is 1. The molecule has 6 fully saturated rings. The van der Waals surface area contributed by atoms with Gasteiger partial charge in [0.1, 0.15) is 6.10 Å². The van der Waals surface area contributed by atoms with Gasteiger partial charge in [0.2, 0.25) is 5.91 Å². The van der Waals surface area contributed by atoms with Crippen LogP contribution in [0, 0.1) is 23.2 Å². The summed E-state index contributed by atoms with van der Waals surface area (Å²) in [6.45, 7) is 4.15. The Labute approximate surface area is 190 Å². The minimum Gasteiger partial charge on any atom is -0.467 e. The number of carbonyl (C=O) groups is 1. The number of hydrogen-bond donors (Lipinski definition) is 0. The molecule has 0 unspecified atom stereocenters. The van der Waals surface area contributed by atoms with Crippen LogP contribution in [-0.2, 0) is 4.79 Å². The molecule has 0 radical (unpaired) electrons. The van der Waals surface area contributed by atoms with Crippen molar-refractivity contribution in [2.45, 2.75) is 82.8 Å². The molecule has 4 aliphatic carbocycles. The van der Waals surface area contributed by atoms with Crippen LogP contribution in [-0.4, -0.2) is 59.0 Å². The van der Waals surface area contributed by atoms with Gasteiger partial charge in [-0.1, -0.05) is 11.3 Å². The van der Waals surface area contributed by atoms with Crippen LogP contribution in [0.5, 0.6) is 5.19 Å². The highest BCUT2D eigenvalue weighted by Crippen LogP contribution is 2.61. The second-order valence-electron chi connectivity index (χ2n) is 11.4. The van der Waals surface area contributed by atoms with Crippen molar-refractivity contribution in [2.75, 3.05) is 26.2 Å². The molecular weight excluding hydrogens is 406 g/mol. The molecule has 1 aromatic rings. The van der Waals surface area contributed by atoms with E-state index in [0.717, 1.165) is 81.2 Å². The Balaban J connectivity index is 0.968. The lowest BCUT2D eigenvalue weighted by Crippen LogP contribution is -2.52. The second kappa shape index (κ2) is 8.33. The maximum absolute atomic E-state index is 13.3. The van der Waals surface area contributed by atoms with E-state index in [-0.39, 0.29) is 0 Å². The average molecular weight is 444 g/mol. The van der Waals surface area contributed by atoms with Crippen LogP contribution >= 0.6 is 11.3 Å². The van der Waals surface area contributed by atoms with Gasteiger partial charge in [0.25, 0.3) is 5.19 Å². The van der Waals surface area contributed by atoms with E-state index < -0.39 is 0 Å². The summed E-state index contributed by atoms with van der Waals surface area (Å²) in [5, 5.41) is 2.78. The van der Waals surface area contributed by atoms with Crippen molar-refractivity contribution in [3.63, 3.8) is 0 Å². The molecule has 6 heteroatoms. The summed E-state index contributed by atoms with van der Waals surface area (Å²) in [5.41, 5.74) is 0.377. The first kappa shape index (κ1) is 20.5. The molecule has 2 saturated heterocycles. The van der Waals surface area contributed by atoms with Gasteiger partial charge >= 0.3 is 0 Å². The Morgan fingerprint density at radius 2 is 1.65 bits per heavy atom. The number of piperidine rings is 2. The quantitative estimate of drug-likeness (QED) is 0.668. The number of nitrogens with zero attached hydrogens (tertiary/aromatic N) is 3. The van der Waals surface area contributed by atoms with E-state index in [4.69, 9.17) is 4.74 Å². The number of likely N-dealkylation sites (tertiary alicyclic amines) is 2. The first-order valence-electron chi connectivity index (χ1n) is 12.7. The zero-order valence-corrected chi connectivity index (χ0v) is 19.5. The van der Waals surface area contributed by atoms with E-state index in [1.807, 2.05) is 11.6 Å². The largest absolute Gasteiger partial charge is 0.467 e. The normalized spacial score (nSPS) is 36.8. The molecular formula is C25H37N3O2S. The maximum Gasteiger partial charge on any atom is 0.273 e. The smallest absolute Gasteiger partial charge is 0.273 e. The predicted octanol–water partition coefficient (Wildman–Crippen LogP) is 4.58. The van der Waals surface area contributed by atoms with Gasteiger partial charge in [-0.15, -0.1) is 0 Å². The number of rotatable bonds is 5. The molecule has 6 aliphatic rings. The summed E-state index contributed by atoms with van der Waals surface area (Å²) in [5.74, 6) is 3.28. The van der Waals surface area contributed by atoms with Gasteiger partial charge in [0.15, 0.2) is 0 Å². The van der Waals surface area contributed by atoms with Crippen molar-refractivity contribution < 1.29 is 9.53 Å². The highest BCUT2D eigenvalue weighted by Gasteiger charge is 2.51. The monoisotopic (exact) mass is 443 g/mol. The van der Waals surface area contributed by atoms with Gasteiger partial charge in [-0.3, -0.25) is 9.69 Å². The molecule has 31 heavy (non-hydrogen) atoms. The van der Waals surface area contributed by atoms with Gasteiger partial charge in [0.05, 0.1) is 0 Å². The van der Waals surface area contributed by atoms with Crippen LogP contribution in [0.2, 0.25) is 0 Å². The molecule has 7 rings (SSSR count). The fraction of sp³-hybridized carbons (Fsp3) is 0.840. The van der Waals surface area contributed by atoms with Gasteiger partial charge in [-0.05, 0) is 87.4 Å². The van der Waals surface area contributed by atoms with Crippen molar-refractivity contribution in [3.05, 3.63) is 11.6 Å². The Morgan fingerprint density at radius 1 is 1.00 bits per heavy atom. The van der Waals surface area contributed by atoms with E-state index in [9.17, 15) is 4.79 Å². The number of thiazole rings is 1. The third kappa shape index (κ3) is 4.27. The average Bonchev–Trinajstić information content (AvgIpc) is 3.26. The lowest BCUT2D eigenvalue weighted by molar-refractivity contribution is -0.141. The fourth-order valence-electron chi connectivity index (χ4n) is 8.19. The molecule has 4 saturated carbocycles. The molecule has 1 aromatic heterocycles. The highest BCUT2D eigenvalue weighted by atomic mass is 32.1. The van der Waals surface area contributed by atoms with Crippen LogP contribution < -0.4 is 4.74 Å². The number of carbonyl (C=O) groups excluding carboxylic acids is 1. The molecule has 0 N–H and O–H groups in total. The number of ether oxygens (including phenoxy) is 1. The minimum atomic E-state index is 0.310. The van der Waals surface area contributed by atoms with E-state index in [1.54, 1.807) is 11.3 Å². The predicted molar refractivity (Wildman–Crippen MR) is 122 cm³/mol. The number of hydrogen-bond acceptors (Lipinski definition) is 5. The highest BCUT2D eigenvalue weighted by molar-refractivity contribution is 7.11. The first-order valence-corrected chi connectivity index (χ1v) is 13.6. The summed E-state index contributed by atoms with van der Waals surface area (Å²) < 4.78 is 6.02. The molecule has 5 nitrogen and oxygen atoms in total. The second-order valence-corrected chi connectivity index (χ2v) is 12.2. The summed E-state index contributed by atoms with van der Waals surface area (Å²) in [7, 11) is 0. The standard InChI is InChI=1S/C25H37N3O2S/c29-23(17-25-14-18-11-19(15-25)13-20(12-18)16-25)28-6-1-21(2-7-28)27-8-3-22(4-9-27)30-24-26-5-10-31-24/h5,10,18-22H,1-4,6-9,11-17H2. The molecule has 2 aliphatic heterocycles. The summed E-state index contributed by atoms with van der Waals surface area (Å²) in [6, 6.07) is 0.643. The molecule has 4 bridgehead atoms. The third-order valence-corrected chi connectivity index (χ3v) is 9.84. The lowest BCUT2D eigenvalue weighted by Gasteiger charge is -2.57. The van der Waals surface area contributed by atoms with Crippen molar-refractivity contribution in [2.24, 2.45) is 23.2 Å². The van der Waals surface area contributed by atoms with Crippen molar-refractivity contribution in [1.29, 1.82) is 0 Å². The van der Waals surface area contributed by atoms with Crippen LogP contribution in [0.3, 0.4) is 0 Å². The molecule has 0 atom stereocenters. The lowest BCUT2D eigenvalue weighted by atomic mass is 9.49. The molecule has 3 heterocycles. The van der Waals surface area contributed by atoms with Gasteiger partial charge < -0.3 is 9.64 Å². The molecule has 0 aromatic carbocycles. The first-order chi connectivity index (χ1) is 15.1. The molecule has 170 valence electrons. The maximum atomic E-state index is 13.3. The van der Waals surface area contributed by atoms with E-state index in [2.05, 4.69) is 14.8 Å². The minimum absolute atomic E-state index is 0.310. The Bertz CT molecular complexity index is 730. The Kier molecular flexibility index (Phi) is 5.50.